The van der Waals surface area contributed by atoms with Crippen LogP contribution >= 0.6 is 27.7 Å². The molecule has 1 amide bonds. The van der Waals surface area contributed by atoms with Crippen LogP contribution < -0.4 is 0 Å². The zero-order valence-corrected chi connectivity index (χ0v) is 18.6. The van der Waals surface area contributed by atoms with Crippen molar-refractivity contribution in [3.05, 3.63) is 75.1 Å². The van der Waals surface area contributed by atoms with E-state index < -0.39 is 0 Å². The number of halogens is 1. The van der Waals surface area contributed by atoms with E-state index in [0.29, 0.717) is 12.4 Å². The summed E-state index contributed by atoms with van der Waals surface area (Å²) in [6, 6.07) is 16.5. The van der Waals surface area contributed by atoms with Crippen LogP contribution in [0.5, 0.6) is 0 Å². The number of rotatable bonds is 3. The summed E-state index contributed by atoms with van der Waals surface area (Å²) in [5.74, 6) is 0.488. The van der Waals surface area contributed by atoms with E-state index in [4.69, 9.17) is 4.74 Å². The SMILES string of the molecule is O=C(COC1=NC=N[C@H]2SC=C(c3ccc(Br)cc3)[C@H]12)N1CCc2ccccc2C1. The van der Waals surface area contributed by atoms with E-state index in [1.165, 1.54) is 11.1 Å². The maximum atomic E-state index is 12.8. The molecule has 0 radical (unpaired) electrons. The van der Waals surface area contributed by atoms with Gasteiger partial charge in [-0.1, -0.05) is 52.3 Å². The molecule has 0 saturated carbocycles. The van der Waals surface area contributed by atoms with Crippen LogP contribution in [0, 0.1) is 5.92 Å². The molecular weight excluding hydrogens is 462 g/mol. The van der Waals surface area contributed by atoms with E-state index in [2.05, 4.69) is 61.7 Å². The molecule has 2 atom stereocenters. The van der Waals surface area contributed by atoms with Crippen LogP contribution in [-0.4, -0.2) is 41.6 Å². The second-order valence-corrected chi connectivity index (χ2v) is 9.35. The molecule has 0 N–H and O–H groups in total. The zero-order chi connectivity index (χ0) is 20.5. The summed E-state index contributed by atoms with van der Waals surface area (Å²) < 4.78 is 7.02. The predicted molar refractivity (Wildman–Crippen MR) is 124 cm³/mol. The van der Waals surface area contributed by atoms with Crippen LogP contribution in [0.4, 0.5) is 0 Å². The highest BCUT2D eigenvalue weighted by Gasteiger charge is 2.38. The first kappa shape index (κ1) is 19.6. The first-order valence-electron chi connectivity index (χ1n) is 9.87. The maximum Gasteiger partial charge on any atom is 0.260 e. The molecule has 0 unspecified atom stereocenters. The number of amides is 1. The number of carbonyl (C=O) groups excluding carboxylic acids is 1. The molecule has 0 saturated heterocycles. The van der Waals surface area contributed by atoms with Gasteiger partial charge in [-0.05, 0) is 46.2 Å². The number of hydrogen-bond donors (Lipinski definition) is 0. The summed E-state index contributed by atoms with van der Waals surface area (Å²) >= 11 is 5.15. The number of aliphatic imine (C=N–C) groups is 2. The van der Waals surface area contributed by atoms with E-state index in [1.54, 1.807) is 18.1 Å². The molecule has 5 rings (SSSR count). The summed E-state index contributed by atoms with van der Waals surface area (Å²) in [5, 5.41) is 2.14. The van der Waals surface area contributed by atoms with Crippen molar-refractivity contribution in [2.45, 2.75) is 18.3 Å². The summed E-state index contributed by atoms with van der Waals surface area (Å²) in [7, 11) is 0. The van der Waals surface area contributed by atoms with Gasteiger partial charge in [-0.15, -0.1) is 11.8 Å². The molecule has 0 fully saturated rings. The Morgan fingerprint density at radius 3 is 2.80 bits per heavy atom. The summed E-state index contributed by atoms with van der Waals surface area (Å²) in [4.78, 5) is 23.6. The topological polar surface area (TPSA) is 54.3 Å². The van der Waals surface area contributed by atoms with Crippen molar-refractivity contribution < 1.29 is 9.53 Å². The highest BCUT2D eigenvalue weighted by Crippen LogP contribution is 2.44. The fraction of sp³-hybridized carbons (Fsp3) is 0.261. The second kappa shape index (κ2) is 8.40. The molecule has 2 aromatic rings. The van der Waals surface area contributed by atoms with Gasteiger partial charge >= 0.3 is 0 Å². The van der Waals surface area contributed by atoms with Crippen LogP contribution in [0.1, 0.15) is 16.7 Å². The quantitative estimate of drug-likeness (QED) is 0.647. The van der Waals surface area contributed by atoms with E-state index >= 15 is 0 Å². The first-order valence-corrected chi connectivity index (χ1v) is 11.6. The van der Waals surface area contributed by atoms with Gasteiger partial charge in [0.25, 0.3) is 5.91 Å². The highest BCUT2D eigenvalue weighted by atomic mass is 79.9. The molecule has 0 spiro atoms. The molecular formula is C23H20BrN3O2S. The number of ether oxygens (including phenoxy) is 1. The molecule has 2 aromatic carbocycles. The molecule has 0 bridgehead atoms. The number of thioether (sulfide) groups is 1. The van der Waals surface area contributed by atoms with E-state index in [9.17, 15) is 4.79 Å². The molecule has 3 aliphatic rings. The van der Waals surface area contributed by atoms with E-state index in [-0.39, 0.29) is 23.8 Å². The number of fused-ring (bicyclic) bond motifs is 2. The second-order valence-electron chi connectivity index (χ2n) is 7.44. The predicted octanol–water partition coefficient (Wildman–Crippen LogP) is 4.52. The lowest BCUT2D eigenvalue weighted by Gasteiger charge is -2.29. The summed E-state index contributed by atoms with van der Waals surface area (Å²) in [5.41, 5.74) is 4.79. The van der Waals surface area contributed by atoms with Gasteiger partial charge in [0.2, 0.25) is 5.90 Å². The molecule has 5 nitrogen and oxygen atoms in total. The number of nitrogens with zero attached hydrogens (tertiary/aromatic N) is 3. The summed E-state index contributed by atoms with van der Waals surface area (Å²) in [6.45, 7) is 1.35. The third-order valence-electron chi connectivity index (χ3n) is 5.62. The summed E-state index contributed by atoms with van der Waals surface area (Å²) in [6.07, 6.45) is 2.43. The van der Waals surface area contributed by atoms with Crippen LogP contribution in [0.2, 0.25) is 0 Å². The molecule has 3 aliphatic heterocycles. The maximum absolute atomic E-state index is 12.8. The molecule has 0 aromatic heterocycles. The van der Waals surface area contributed by atoms with E-state index in [1.807, 2.05) is 23.1 Å². The monoisotopic (exact) mass is 481 g/mol. The minimum atomic E-state index is -0.0731. The Kier molecular flexibility index (Phi) is 5.48. The third kappa shape index (κ3) is 3.84. The lowest BCUT2D eigenvalue weighted by atomic mass is 9.93. The van der Waals surface area contributed by atoms with Crippen molar-refractivity contribution >= 4 is 51.4 Å². The Hall–Kier alpha value is -2.38. The van der Waals surface area contributed by atoms with Crippen LogP contribution in [0.25, 0.3) is 5.57 Å². The van der Waals surface area contributed by atoms with Crippen LogP contribution in [0.3, 0.4) is 0 Å². The van der Waals surface area contributed by atoms with Crippen LogP contribution in [-0.2, 0) is 22.5 Å². The Morgan fingerprint density at radius 1 is 1.17 bits per heavy atom. The van der Waals surface area contributed by atoms with Gasteiger partial charge in [-0.3, -0.25) is 9.79 Å². The van der Waals surface area contributed by atoms with Gasteiger partial charge in [-0.2, -0.15) is 0 Å². The molecule has 0 aliphatic carbocycles. The minimum Gasteiger partial charge on any atom is -0.470 e. The number of benzene rings is 2. The van der Waals surface area contributed by atoms with Gasteiger partial charge in [0, 0.05) is 17.6 Å². The van der Waals surface area contributed by atoms with Gasteiger partial charge in [0.05, 0.1) is 5.92 Å². The van der Waals surface area contributed by atoms with Crippen molar-refractivity contribution in [3.8, 4) is 0 Å². The van der Waals surface area contributed by atoms with Crippen molar-refractivity contribution in [1.29, 1.82) is 0 Å². The van der Waals surface area contributed by atoms with Gasteiger partial charge < -0.3 is 9.64 Å². The molecule has 30 heavy (non-hydrogen) atoms. The van der Waals surface area contributed by atoms with Gasteiger partial charge in [0.15, 0.2) is 6.61 Å². The fourth-order valence-electron chi connectivity index (χ4n) is 4.01. The molecule has 3 heterocycles. The Labute approximate surface area is 188 Å². The number of carbonyl (C=O) groups is 1. The first-order chi connectivity index (χ1) is 14.7. The fourth-order valence-corrected chi connectivity index (χ4v) is 5.39. The Morgan fingerprint density at radius 2 is 1.97 bits per heavy atom. The van der Waals surface area contributed by atoms with E-state index in [0.717, 1.165) is 28.6 Å². The molecule has 152 valence electrons. The van der Waals surface area contributed by atoms with Crippen molar-refractivity contribution in [3.63, 3.8) is 0 Å². The minimum absolute atomic E-state index is 0.00363. The van der Waals surface area contributed by atoms with Gasteiger partial charge in [0.1, 0.15) is 11.7 Å². The van der Waals surface area contributed by atoms with Crippen LogP contribution in [0.15, 0.2) is 68.4 Å². The average molecular weight is 482 g/mol. The standard InChI is InChI=1S/C23H20BrN3O2S/c24-18-7-5-16(6-8-18)19-13-30-23-21(19)22(25-14-26-23)29-12-20(28)27-10-9-15-3-1-2-4-17(15)11-27/h1-8,13-14,21,23H,9-12H2/t21-,23+/m1/s1. The van der Waals surface area contributed by atoms with Crippen molar-refractivity contribution in [1.82, 2.24) is 4.90 Å². The third-order valence-corrected chi connectivity index (χ3v) is 7.22. The van der Waals surface area contributed by atoms with Crippen molar-refractivity contribution in [2.24, 2.45) is 15.9 Å². The Balaban J connectivity index is 1.27. The van der Waals surface area contributed by atoms with Gasteiger partial charge in [-0.25, -0.2) is 4.99 Å². The highest BCUT2D eigenvalue weighted by molar-refractivity contribution is 9.10. The lowest BCUT2D eigenvalue weighted by Crippen LogP contribution is -2.39. The number of hydrogen-bond acceptors (Lipinski definition) is 5. The molecule has 7 heteroatoms. The van der Waals surface area contributed by atoms with Crippen molar-refractivity contribution in [2.75, 3.05) is 13.2 Å². The Bertz CT molecular complexity index is 1060. The normalized spacial score (nSPS) is 22.1. The zero-order valence-electron chi connectivity index (χ0n) is 16.2. The largest absolute Gasteiger partial charge is 0.470 e. The average Bonchev–Trinajstić information content (AvgIpc) is 3.22. The lowest BCUT2D eigenvalue weighted by molar-refractivity contribution is -0.134. The smallest absolute Gasteiger partial charge is 0.260 e.